The van der Waals surface area contributed by atoms with Gasteiger partial charge < -0.3 is 4.74 Å². The highest BCUT2D eigenvalue weighted by Gasteiger charge is 2.17. The second kappa shape index (κ2) is 6.37. The van der Waals surface area contributed by atoms with Crippen LogP contribution in [0.2, 0.25) is 5.02 Å². The third kappa shape index (κ3) is 3.58. The third-order valence-corrected chi connectivity index (χ3v) is 3.16. The van der Waals surface area contributed by atoms with E-state index < -0.39 is 4.92 Å². The van der Waals surface area contributed by atoms with Crippen LogP contribution in [0.4, 0.5) is 5.69 Å². The van der Waals surface area contributed by atoms with E-state index in [0.717, 1.165) is 5.56 Å². The molecule has 0 saturated carbocycles. The molecule has 0 atom stereocenters. The van der Waals surface area contributed by atoms with E-state index in [1.54, 1.807) is 12.1 Å². The summed E-state index contributed by atoms with van der Waals surface area (Å²) in [5.74, 6) is -0.219. The van der Waals surface area contributed by atoms with Crippen molar-refractivity contribution in [3.05, 3.63) is 68.7 Å². The van der Waals surface area contributed by atoms with Crippen LogP contribution in [0.5, 0.6) is 5.75 Å². The first-order chi connectivity index (χ1) is 9.99. The number of hydrogen-bond acceptors (Lipinski definition) is 4. The van der Waals surface area contributed by atoms with Crippen molar-refractivity contribution in [3.63, 3.8) is 0 Å². The fourth-order valence-corrected chi connectivity index (χ4v) is 2.03. The molecule has 0 aromatic heterocycles. The number of Topliss-reactive ketones (excluding diaryl/α,β-unsaturated/α-hetero) is 1. The number of carbonyl (C=O) groups is 1. The number of carbonyl (C=O) groups excluding carboxylic acids is 1. The number of rotatable bonds is 5. The minimum absolute atomic E-state index is 0.0198. The van der Waals surface area contributed by atoms with Crippen LogP contribution in [0.25, 0.3) is 0 Å². The fourth-order valence-electron chi connectivity index (χ4n) is 1.86. The maximum atomic E-state index is 12.1. The van der Waals surface area contributed by atoms with E-state index in [9.17, 15) is 14.9 Å². The molecule has 5 nitrogen and oxygen atoms in total. The highest BCUT2D eigenvalue weighted by atomic mass is 35.5. The largest absolute Gasteiger partial charge is 0.478 e. The number of nitro groups is 1. The number of nitrogens with zero attached hydrogens (tertiary/aromatic N) is 1. The molecule has 0 amide bonds. The zero-order valence-electron chi connectivity index (χ0n) is 11.2. The zero-order valence-corrected chi connectivity index (χ0v) is 12.0. The maximum Gasteiger partial charge on any atom is 0.312 e. The number of benzene rings is 2. The van der Waals surface area contributed by atoms with Crippen LogP contribution in [0.1, 0.15) is 15.9 Å². The number of ketones is 1. The summed E-state index contributed by atoms with van der Waals surface area (Å²) in [7, 11) is 0. The quantitative estimate of drug-likeness (QED) is 0.478. The van der Waals surface area contributed by atoms with Crippen LogP contribution >= 0.6 is 11.6 Å². The summed E-state index contributed by atoms with van der Waals surface area (Å²) >= 11 is 5.71. The van der Waals surface area contributed by atoms with E-state index in [1.807, 2.05) is 19.1 Å². The van der Waals surface area contributed by atoms with Crippen molar-refractivity contribution < 1.29 is 14.5 Å². The molecule has 0 fully saturated rings. The standard InChI is InChI=1S/C15H12ClNO4/c1-10-4-2-3-5-12(10)14(18)9-21-15-7-6-11(16)8-13(15)17(19)20/h2-8H,9H2,1H3. The van der Waals surface area contributed by atoms with Gasteiger partial charge in [0.1, 0.15) is 0 Å². The van der Waals surface area contributed by atoms with Crippen LogP contribution in [-0.4, -0.2) is 17.3 Å². The van der Waals surface area contributed by atoms with Crippen molar-refractivity contribution in [1.29, 1.82) is 0 Å². The van der Waals surface area contributed by atoms with Gasteiger partial charge in [-0.05, 0) is 24.6 Å². The van der Waals surface area contributed by atoms with Gasteiger partial charge in [-0.1, -0.05) is 35.9 Å². The van der Waals surface area contributed by atoms with E-state index in [-0.39, 0.29) is 28.8 Å². The molecule has 0 heterocycles. The van der Waals surface area contributed by atoms with Gasteiger partial charge in [0.05, 0.1) is 4.92 Å². The second-order valence-electron chi connectivity index (χ2n) is 4.40. The lowest BCUT2D eigenvalue weighted by atomic mass is 10.1. The Hall–Kier alpha value is -2.40. The Morgan fingerprint density at radius 2 is 2.00 bits per heavy atom. The van der Waals surface area contributed by atoms with Crippen molar-refractivity contribution >= 4 is 23.1 Å². The van der Waals surface area contributed by atoms with Gasteiger partial charge >= 0.3 is 5.69 Å². The Kier molecular flexibility index (Phi) is 4.55. The molecule has 0 N–H and O–H groups in total. The predicted octanol–water partition coefficient (Wildman–Crippen LogP) is 3.82. The smallest absolute Gasteiger partial charge is 0.312 e. The van der Waals surface area contributed by atoms with Crippen LogP contribution < -0.4 is 4.74 Å². The molecular formula is C15H12ClNO4. The molecule has 108 valence electrons. The van der Waals surface area contributed by atoms with Gasteiger partial charge in [0.15, 0.2) is 18.1 Å². The first-order valence-corrected chi connectivity index (χ1v) is 6.52. The number of hydrogen-bond donors (Lipinski definition) is 0. The van der Waals surface area contributed by atoms with Crippen LogP contribution in [0.15, 0.2) is 42.5 Å². The summed E-state index contributed by atoms with van der Waals surface area (Å²) in [6.45, 7) is 1.55. The first kappa shape index (κ1) is 15.0. The van der Waals surface area contributed by atoms with Crippen molar-refractivity contribution in [2.45, 2.75) is 6.92 Å². The Labute approximate surface area is 126 Å². The van der Waals surface area contributed by atoms with Crippen LogP contribution in [0.3, 0.4) is 0 Å². The minimum Gasteiger partial charge on any atom is -0.478 e. The Balaban J connectivity index is 2.15. The molecule has 0 radical (unpaired) electrons. The van der Waals surface area contributed by atoms with Crippen molar-refractivity contribution in [2.75, 3.05) is 6.61 Å². The Morgan fingerprint density at radius 3 is 2.67 bits per heavy atom. The second-order valence-corrected chi connectivity index (χ2v) is 4.83. The molecule has 0 bridgehead atoms. The highest BCUT2D eigenvalue weighted by Crippen LogP contribution is 2.30. The lowest BCUT2D eigenvalue weighted by Gasteiger charge is -2.08. The molecule has 2 rings (SSSR count). The molecule has 0 spiro atoms. The van der Waals surface area contributed by atoms with Gasteiger partial charge in [0.2, 0.25) is 0 Å². The average Bonchev–Trinajstić information content (AvgIpc) is 2.46. The number of ether oxygens (including phenoxy) is 1. The lowest BCUT2D eigenvalue weighted by Crippen LogP contribution is -2.13. The predicted molar refractivity (Wildman–Crippen MR) is 79.1 cm³/mol. The van der Waals surface area contributed by atoms with E-state index in [4.69, 9.17) is 16.3 Å². The molecule has 0 aliphatic heterocycles. The van der Waals surface area contributed by atoms with Gasteiger partial charge in [-0.25, -0.2) is 0 Å². The van der Waals surface area contributed by atoms with Crippen LogP contribution in [-0.2, 0) is 0 Å². The summed E-state index contributed by atoms with van der Waals surface area (Å²) in [5, 5.41) is 11.2. The topological polar surface area (TPSA) is 69.4 Å². The molecule has 6 heteroatoms. The van der Waals surface area contributed by atoms with E-state index in [0.29, 0.717) is 5.56 Å². The first-order valence-electron chi connectivity index (χ1n) is 6.14. The Morgan fingerprint density at radius 1 is 1.29 bits per heavy atom. The maximum absolute atomic E-state index is 12.1. The molecule has 2 aromatic carbocycles. The van der Waals surface area contributed by atoms with Crippen molar-refractivity contribution in [3.8, 4) is 5.75 Å². The van der Waals surface area contributed by atoms with Crippen molar-refractivity contribution in [1.82, 2.24) is 0 Å². The molecule has 0 saturated heterocycles. The summed E-state index contributed by atoms with van der Waals surface area (Å²) in [6.07, 6.45) is 0. The van der Waals surface area contributed by atoms with E-state index >= 15 is 0 Å². The normalized spacial score (nSPS) is 10.2. The highest BCUT2D eigenvalue weighted by molar-refractivity contribution is 6.30. The van der Waals surface area contributed by atoms with Gasteiger partial charge in [0, 0.05) is 16.7 Å². The summed E-state index contributed by atoms with van der Waals surface area (Å²) < 4.78 is 5.27. The molecule has 0 aliphatic carbocycles. The summed E-state index contributed by atoms with van der Waals surface area (Å²) in [6, 6.07) is 11.1. The van der Waals surface area contributed by atoms with Gasteiger partial charge in [0.25, 0.3) is 0 Å². The third-order valence-electron chi connectivity index (χ3n) is 2.92. The SMILES string of the molecule is Cc1ccccc1C(=O)COc1ccc(Cl)cc1[N+](=O)[O-]. The fraction of sp³-hybridized carbons (Fsp3) is 0.133. The monoisotopic (exact) mass is 305 g/mol. The van der Waals surface area contributed by atoms with Gasteiger partial charge in [-0.2, -0.15) is 0 Å². The average molecular weight is 306 g/mol. The minimum atomic E-state index is -0.598. The Bertz CT molecular complexity index is 700. The van der Waals surface area contributed by atoms with E-state index in [1.165, 1.54) is 18.2 Å². The van der Waals surface area contributed by atoms with Crippen LogP contribution in [0, 0.1) is 17.0 Å². The van der Waals surface area contributed by atoms with Gasteiger partial charge in [-0.15, -0.1) is 0 Å². The van der Waals surface area contributed by atoms with Crippen molar-refractivity contribution in [2.24, 2.45) is 0 Å². The summed E-state index contributed by atoms with van der Waals surface area (Å²) in [4.78, 5) is 22.4. The number of nitro benzene ring substituents is 1. The molecule has 0 aliphatic rings. The molecular weight excluding hydrogens is 294 g/mol. The molecule has 2 aromatic rings. The van der Waals surface area contributed by atoms with Gasteiger partial charge in [-0.3, -0.25) is 14.9 Å². The molecule has 21 heavy (non-hydrogen) atoms. The number of aryl methyl sites for hydroxylation is 1. The summed E-state index contributed by atoms with van der Waals surface area (Å²) in [5.41, 5.74) is 1.10. The zero-order chi connectivity index (χ0) is 15.4. The lowest BCUT2D eigenvalue weighted by molar-refractivity contribution is -0.385. The molecule has 0 unspecified atom stereocenters. The number of halogens is 1. The van der Waals surface area contributed by atoms with E-state index in [2.05, 4.69) is 0 Å².